The van der Waals surface area contributed by atoms with Crippen LogP contribution in [0.15, 0.2) is 48.5 Å². The lowest BCUT2D eigenvalue weighted by Crippen LogP contribution is -2.49. The number of carbonyl (C=O) groups excluding carboxylic acids is 1. The van der Waals surface area contributed by atoms with E-state index < -0.39 is 6.10 Å². The van der Waals surface area contributed by atoms with E-state index in [0.717, 1.165) is 19.6 Å². The molecule has 2 aromatic rings. The van der Waals surface area contributed by atoms with E-state index >= 15 is 0 Å². The van der Waals surface area contributed by atoms with Gasteiger partial charge < -0.3 is 10.0 Å². The molecule has 2 aromatic carbocycles. The molecule has 1 amide bonds. The van der Waals surface area contributed by atoms with Crippen molar-refractivity contribution in [3.8, 4) is 0 Å². The molecule has 4 nitrogen and oxygen atoms in total. The van der Waals surface area contributed by atoms with E-state index in [9.17, 15) is 14.3 Å². The first kappa shape index (κ1) is 17.6. The molecule has 1 N–H and O–H groups in total. The molecule has 1 fully saturated rings. The molecule has 0 bridgehead atoms. The van der Waals surface area contributed by atoms with E-state index in [1.165, 1.54) is 35.4 Å². The molecule has 0 spiro atoms. The number of aryl methyl sites for hydroxylation is 1. The van der Waals surface area contributed by atoms with Crippen molar-refractivity contribution >= 4 is 5.91 Å². The number of hydrogen-bond donors (Lipinski definition) is 1. The zero-order chi connectivity index (χ0) is 17.8. The van der Waals surface area contributed by atoms with Crippen molar-refractivity contribution in [2.45, 2.75) is 19.6 Å². The molecule has 1 saturated heterocycles. The predicted octanol–water partition coefficient (Wildman–Crippen LogP) is 2.51. The maximum absolute atomic E-state index is 13.0. The van der Waals surface area contributed by atoms with E-state index in [-0.39, 0.29) is 11.7 Å². The molecule has 3 rings (SSSR count). The highest BCUT2D eigenvalue weighted by Gasteiger charge is 2.27. The number of rotatable bonds is 4. The zero-order valence-corrected chi connectivity index (χ0v) is 14.4. The summed E-state index contributed by atoms with van der Waals surface area (Å²) >= 11 is 0. The van der Waals surface area contributed by atoms with Gasteiger partial charge in [0.05, 0.1) is 0 Å². The SMILES string of the molecule is Cc1cccc(CN2CCN(C(=O)C(O)c3ccc(F)cc3)CC2)c1. The standard InChI is InChI=1S/C20H23FN2O2/c1-15-3-2-4-16(13-15)14-22-9-11-23(12-10-22)20(25)19(24)17-5-7-18(21)8-6-17/h2-8,13,19,24H,9-12,14H2,1H3. The van der Waals surface area contributed by atoms with Crippen LogP contribution >= 0.6 is 0 Å². The Bertz CT molecular complexity index is 725. The van der Waals surface area contributed by atoms with Crippen molar-refractivity contribution in [3.05, 3.63) is 71.0 Å². The monoisotopic (exact) mass is 342 g/mol. The Kier molecular flexibility index (Phi) is 5.46. The molecule has 0 aliphatic carbocycles. The normalized spacial score (nSPS) is 16.7. The quantitative estimate of drug-likeness (QED) is 0.928. The highest BCUT2D eigenvalue weighted by molar-refractivity contribution is 5.82. The van der Waals surface area contributed by atoms with Crippen molar-refractivity contribution in [1.82, 2.24) is 9.80 Å². The molecule has 1 aliphatic heterocycles. The number of benzene rings is 2. The second kappa shape index (κ2) is 7.76. The van der Waals surface area contributed by atoms with Crippen molar-refractivity contribution in [3.63, 3.8) is 0 Å². The van der Waals surface area contributed by atoms with Gasteiger partial charge in [0, 0.05) is 32.7 Å². The molecule has 132 valence electrons. The van der Waals surface area contributed by atoms with Gasteiger partial charge in [0.25, 0.3) is 5.91 Å². The summed E-state index contributed by atoms with van der Waals surface area (Å²) in [6, 6.07) is 13.8. The van der Waals surface area contributed by atoms with Gasteiger partial charge in [-0.25, -0.2) is 4.39 Å². The first-order valence-corrected chi connectivity index (χ1v) is 8.53. The van der Waals surface area contributed by atoms with E-state index in [1.807, 2.05) is 0 Å². The van der Waals surface area contributed by atoms with Gasteiger partial charge in [0.2, 0.25) is 0 Å². The van der Waals surface area contributed by atoms with Crippen molar-refractivity contribution in [2.75, 3.05) is 26.2 Å². The Morgan fingerprint density at radius 1 is 1.12 bits per heavy atom. The molecule has 1 unspecified atom stereocenters. The molecule has 0 saturated carbocycles. The smallest absolute Gasteiger partial charge is 0.256 e. The van der Waals surface area contributed by atoms with E-state index in [1.54, 1.807) is 4.90 Å². The first-order valence-electron chi connectivity index (χ1n) is 8.53. The summed E-state index contributed by atoms with van der Waals surface area (Å²) in [6.07, 6.45) is -1.23. The number of halogens is 1. The number of hydrogen-bond acceptors (Lipinski definition) is 3. The van der Waals surface area contributed by atoms with E-state index in [0.29, 0.717) is 18.7 Å². The lowest BCUT2D eigenvalue weighted by molar-refractivity contribution is -0.142. The van der Waals surface area contributed by atoms with Gasteiger partial charge in [-0.15, -0.1) is 0 Å². The van der Waals surface area contributed by atoms with Crippen LogP contribution in [-0.2, 0) is 11.3 Å². The number of amides is 1. The molecular weight excluding hydrogens is 319 g/mol. The van der Waals surface area contributed by atoms with Gasteiger partial charge in [-0.05, 0) is 30.2 Å². The minimum atomic E-state index is -1.23. The zero-order valence-electron chi connectivity index (χ0n) is 14.4. The van der Waals surface area contributed by atoms with Gasteiger partial charge in [0.1, 0.15) is 5.82 Å². The van der Waals surface area contributed by atoms with Gasteiger partial charge in [-0.1, -0.05) is 42.0 Å². The average molecular weight is 342 g/mol. The molecule has 0 aromatic heterocycles. The second-order valence-electron chi connectivity index (χ2n) is 6.54. The molecule has 1 heterocycles. The van der Waals surface area contributed by atoms with Crippen molar-refractivity contribution < 1.29 is 14.3 Å². The summed E-state index contributed by atoms with van der Waals surface area (Å²) in [7, 11) is 0. The van der Waals surface area contributed by atoms with Crippen LogP contribution < -0.4 is 0 Å². The average Bonchev–Trinajstić information content (AvgIpc) is 2.62. The summed E-state index contributed by atoms with van der Waals surface area (Å²) in [4.78, 5) is 16.4. The summed E-state index contributed by atoms with van der Waals surface area (Å²) in [5.74, 6) is -0.699. The molecule has 1 atom stereocenters. The van der Waals surface area contributed by atoms with Gasteiger partial charge >= 0.3 is 0 Å². The number of nitrogens with zero attached hydrogens (tertiary/aromatic N) is 2. The molecule has 1 aliphatic rings. The third-order valence-electron chi connectivity index (χ3n) is 4.59. The van der Waals surface area contributed by atoms with E-state index in [2.05, 4.69) is 36.1 Å². The molecule has 25 heavy (non-hydrogen) atoms. The van der Waals surface area contributed by atoms with Crippen LogP contribution in [0.2, 0.25) is 0 Å². The fourth-order valence-electron chi connectivity index (χ4n) is 3.16. The summed E-state index contributed by atoms with van der Waals surface area (Å²) < 4.78 is 13.0. The van der Waals surface area contributed by atoms with Crippen LogP contribution in [0.5, 0.6) is 0 Å². The number of piperazine rings is 1. The number of aliphatic hydroxyl groups is 1. The summed E-state index contributed by atoms with van der Waals surface area (Å²) in [5.41, 5.74) is 2.94. The maximum atomic E-state index is 13.0. The van der Waals surface area contributed by atoms with Crippen LogP contribution in [0.3, 0.4) is 0 Å². The highest BCUT2D eigenvalue weighted by atomic mass is 19.1. The minimum Gasteiger partial charge on any atom is -0.378 e. The summed E-state index contributed by atoms with van der Waals surface area (Å²) in [5, 5.41) is 10.2. The van der Waals surface area contributed by atoms with Crippen LogP contribution in [0, 0.1) is 12.7 Å². The Labute approximate surface area is 147 Å². The lowest BCUT2D eigenvalue weighted by Gasteiger charge is -2.35. The topological polar surface area (TPSA) is 43.8 Å². The predicted molar refractivity (Wildman–Crippen MR) is 94.4 cm³/mol. The Morgan fingerprint density at radius 2 is 1.80 bits per heavy atom. The van der Waals surface area contributed by atoms with E-state index in [4.69, 9.17) is 0 Å². The highest BCUT2D eigenvalue weighted by Crippen LogP contribution is 2.18. The fraction of sp³-hybridized carbons (Fsp3) is 0.350. The molecule has 5 heteroatoms. The van der Waals surface area contributed by atoms with Crippen LogP contribution in [-0.4, -0.2) is 47.0 Å². The fourth-order valence-corrected chi connectivity index (χ4v) is 3.16. The number of aliphatic hydroxyl groups excluding tert-OH is 1. The van der Waals surface area contributed by atoms with Crippen LogP contribution in [0.25, 0.3) is 0 Å². The van der Waals surface area contributed by atoms with Crippen LogP contribution in [0.4, 0.5) is 4.39 Å². The second-order valence-corrected chi connectivity index (χ2v) is 6.54. The molecule has 0 radical (unpaired) electrons. The third-order valence-corrected chi connectivity index (χ3v) is 4.59. The van der Waals surface area contributed by atoms with Gasteiger partial charge in [-0.3, -0.25) is 9.69 Å². The number of carbonyl (C=O) groups is 1. The van der Waals surface area contributed by atoms with Gasteiger partial charge in [-0.2, -0.15) is 0 Å². The Hall–Kier alpha value is -2.24. The summed E-state index contributed by atoms with van der Waals surface area (Å²) in [6.45, 7) is 5.67. The largest absolute Gasteiger partial charge is 0.378 e. The van der Waals surface area contributed by atoms with Crippen LogP contribution in [0.1, 0.15) is 22.8 Å². The minimum absolute atomic E-state index is 0.318. The Balaban J connectivity index is 1.54. The molecular formula is C20H23FN2O2. The first-order chi connectivity index (χ1) is 12.0. The van der Waals surface area contributed by atoms with Crippen molar-refractivity contribution in [2.24, 2.45) is 0 Å². The lowest BCUT2D eigenvalue weighted by atomic mass is 10.1. The van der Waals surface area contributed by atoms with Crippen molar-refractivity contribution in [1.29, 1.82) is 0 Å². The Morgan fingerprint density at radius 3 is 2.44 bits per heavy atom. The maximum Gasteiger partial charge on any atom is 0.256 e. The third kappa shape index (κ3) is 4.44. The van der Waals surface area contributed by atoms with Gasteiger partial charge in [0.15, 0.2) is 6.10 Å².